The normalized spacial score (nSPS) is 22.5. The average Bonchev–Trinajstić information content (AvgIpc) is 2.78. The molecule has 1 aliphatic heterocycles. The molecule has 3 rings (SSSR count). The molecule has 0 radical (unpaired) electrons. The number of rotatable bonds is 3. The molecular weight excluding hydrogens is 287 g/mol. The van der Waals surface area contributed by atoms with Gasteiger partial charge >= 0.3 is 7.12 Å². The van der Waals surface area contributed by atoms with Gasteiger partial charge in [0.1, 0.15) is 0 Å². The second-order valence-electron chi connectivity index (χ2n) is 6.64. The molecule has 1 saturated heterocycles. The summed E-state index contributed by atoms with van der Waals surface area (Å²) < 4.78 is 45.5. The Labute approximate surface area is 141 Å². The molecule has 1 heterocycles. The van der Waals surface area contributed by atoms with Gasteiger partial charge in [0.2, 0.25) is 0 Å². The van der Waals surface area contributed by atoms with Gasteiger partial charge in [-0.2, -0.15) is 0 Å². The van der Waals surface area contributed by atoms with Crippen LogP contribution in [0, 0.1) is 0 Å². The lowest BCUT2D eigenvalue weighted by atomic mass is 9.79. The largest absolute Gasteiger partial charge is 0.494 e. The van der Waals surface area contributed by atoms with E-state index in [0.717, 1.165) is 5.19 Å². The molecule has 1 fully saturated rings. The van der Waals surface area contributed by atoms with Gasteiger partial charge in [-0.15, -0.1) is 0 Å². The van der Waals surface area contributed by atoms with E-state index in [1.165, 1.54) is 0 Å². The van der Waals surface area contributed by atoms with Gasteiger partial charge in [-0.3, -0.25) is 0 Å². The monoisotopic (exact) mass is 314 g/mol. The van der Waals surface area contributed by atoms with Crippen LogP contribution in [0.4, 0.5) is 0 Å². The summed E-state index contributed by atoms with van der Waals surface area (Å²) in [6, 6.07) is 9.56. The number of hydrogen-bond donors (Lipinski definition) is 0. The summed E-state index contributed by atoms with van der Waals surface area (Å²) in [6.45, 7) is 7.67. The Morgan fingerprint density at radius 2 is 1.59 bits per heavy atom. The molecule has 114 valence electrons. The lowest BCUT2D eigenvalue weighted by Crippen LogP contribution is -2.41. The van der Waals surface area contributed by atoms with Gasteiger partial charge in [-0.1, -0.05) is 64.9 Å². The Kier molecular flexibility index (Phi) is 2.90. The summed E-state index contributed by atoms with van der Waals surface area (Å²) >= 11 is 0. The van der Waals surface area contributed by atoms with E-state index in [0.29, 0.717) is 5.19 Å². The minimum atomic E-state index is -1.12. The lowest BCUT2D eigenvalue weighted by Gasteiger charge is -2.32. The van der Waals surface area contributed by atoms with E-state index in [9.17, 15) is 0 Å². The molecule has 1 aliphatic rings. The Bertz CT molecular complexity index is 827. The summed E-state index contributed by atoms with van der Waals surface area (Å²) in [6.07, 6.45) is 0. The van der Waals surface area contributed by atoms with Gasteiger partial charge in [-0.05, 0) is 33.2 Å². The quantitative estimate of drug-likeness (QED) is 0.790. The highest BCUT2D eigenvalue weighted by molar-refractivity contribution is 6.69. The van der Waals surface area contributed by atoms with Crippen molar-refractivity contribution in [3.63, 3.8) is 0 Å². The van der Waals surface area contributed by atoms with Gasteiger partial charge in [0.15, 0.2) is 0 Å². The Morgan fingerprint density at radius 3 is 2.23 bits per heavy atom. The first-order chi connectivity index (χ1) is 12.0. The van der Waals surface area contributed by atoms with Crippen molar-refractivity contribution in [2.45, 2.75) is 38.9 Å². The van der Waals surface area contributed by atoms with E-state index in [4.69, 9.17) is 14.8 Å². The van der Waals surface area contributed by atoms with Gasteiger partial charge in [0.25, 0.3) is 0 Å². The van der Waals surface area contributed by atoms with Crippen LogP contribution in [0.3, 0.4) is 0 Å². The van der Waals surface area contributed by atoms with Gasteiger partial charge in [-0.25, -0.2) is 0 Å². The van der Waals surface area contributed by atoms with Crippen molar-refractivity contribution in [1.29, 1.82) is 0 Å². The van der Waals surface area contributed by atoms with Crippen molar-refractivity contribution < 1.29 is 14.8 Å². The molecule has 2 aromatic rings. The highest BCUT2D eigenvalue weighted by atomic mass is 28.2. The van der Waals surface area contributed by atoms with Crippen LogP contribution in [-0.2, 0) is 9.31 Å². The predicted molar refractivity (Wildman–Crippen MR) is 96.4 cm³/mol. The minimum absolute atomic E-state index is 0.0178. The fraction of sp³-hybridized carbons (Fsp3) is 0.333. The van der Waals surface area contributed by atoms with Crippen LogP contribution >= 0.6 is 0 Å². The van der Waals surface area contributed by atoms with Crippen molar-refractivity contribution in [3.05, 3.63) is 54.5 Å². The maximum atomic E-state index is 8.65. The zero-order valence-corrected chi connectivity index (χ0v) is 14.9. The smallest absolute Gasteiger partial charge is 0.399 e. The van der Waals surface area contributed by atoms with Gasteiger partial charge in [0, 0.05) is 0 Å². The molecule has 0 unspecified atom stereocenters. The van der Waals surface area contributed by atoms with Crippen LogP contribution in [0.15, 0.2) is 54.5 Å². The highest BCUT2D eigenvalue weighted by Gasteiger charge is 2.51. The molecule has 0 atom stereocenters. The van der Waals surface area contributed by atoms with E-state index < -0.39 is 27.8 Å². The maximum Gasteiger partial charge on any atom is 0.494 e. The number of benzene rings is 2. The minimum Gasteiger partial charge on any atom is -0.399 e. The summed E-state index contributed by atoms with van der Waals surface area (Å²) in [5.74, 6) is 0. The van der Waals surface area contributed by atoms with E-state index in [1.807, 2.05) is 58.0 Å². The van der Waals surface area contributed by atoms with Crippen LogP contribution < -0.4 is 15.8 Å². The third kappa shape index (κ3) is 3.05. The molecule has 0 bridgehead atoms. The second kappa shape index (κ2) is 5.69. The first kappa shape index (κ1) is 11.2. The van der Waals surface area contributed by atoms with Crippen LogP contribution in [0.25, 0.3) is 0 Å². The summed E-state index contributed by atoms with van der Waals surface area (Å²) in [7, 11) is -1.99. The van der Waals surface area contributed by atoms with Crippen molar-refractivity contribution >= 4 is 32.5 Å². The van der Waals surface area contributed by atoms with Crippen molar-refractivity contribution in [2.24, 2.45) is 0 Å². The molecule has 4 heteroatoms. The van der Waals surface area contributed by atoms with E-state index in [1.54, 1.807) is 0 Å². The third-order valence-electron chi connectivity index (χ3n) is 4.41. The van der Waals surface area contributed by atoms with Crippen molar-refractivity contribution in [1.82, 2.24) is 0 Å². The Morgan fingerprint density at radius 1 is 0.955 bits per heavy atom. The molecule has 2 aromatic carbocycles. The molecular formula is C18H23BO2Si. The molecule has 2 nitrogen and oxygen atoms in total. The van der Waals surface area contributed by atoms with E-state index >= 15 is 0 Å². The van der Waals surface area contributed by atoms with E-state index in [-0.39, 0.29) is 29.6 Å². The Hall–Kier alpha value is -1.36. The first-order valence-corrected chi connectivity index (χ1v) is 8.95. The summed E-state index contributed by atoms with van der Waals surface area (Å²) in [4.78, 5) is 0. The van der Waals surface area contributed by atoms with E-state index in [2.05, 4.69) is 0 Å². The number of hydrogen-bond acceptors (Lipinski definition) is 2. The summed E-state index contributed by atoms with van der Waals surface area (Å²) in [5.41, 5.74) is -0.909. The zero-order chi connectivity index (χ0) is 19.3. The fourth-order valence-corrected chi connectivity index (χ4v) is 3.74. The highest BCUT2D eigenvalue weighted by Crippen LogP contribution is 2.36. The zero-order valence-electron chi connectivity index (χ0n) is 17.5. The molecule has 0 spiro atoms. The van der Waals surface area contributed by atoms with Crippen LogP contribution in [0.2, 0.25) is 0 Å². The van der Waals surface area contributed by atoms with Crippen molar-refractivity contribution in [2.75, 3.05) is 0 Å². The van der Waals surface area contributed by atoms with Gasteiger partial charge < -0.3 is 9.31 Å². The SMILES string of the molecule is [2H]c1c([2H])c([SiH2]c2ccccc2)c([2H])c(B2OC(C)(C)C(C)(C)O2)c1[2H]. The maximum absolute atomic E-state index is 8.65. The predicted octanol–water partition coefficient (Wildman–Crippen LogP) is 1.11. The standard InChI is InChI=1S/C18H23BO2Si/c1-17(2)18(3,4)21-19(20-17)14-9-8-12-16(13-14)22-15-10-6-5-7-11-15/h5-13H,22H2,1-4H3/i8D,9D,12D,13D. The molecule has 0 amide bonds. The summed E-state index contributed by atoms with van der Waals surface area (Å²) in [5, 5.41) is 1.65. The fourth-order valence-electron chi connectivity index (χ4n) is 2.37. The first-order valence-electron chi connectivity index (χ1n) is 9.54. The third-order valence-corrected chi connectivity index (χ3v) is 6.00. The molecule has 0 aliphatic carbocycles. The Balaban J connectivity index is 2.10. The van der Waals surface area contributed by atoms with Crippen LogP contribution in [0.5, 0.6) is 0 Å². The lowest BCUT2D eigenvalue weighted by molar-refractivity contribution is 0.00578. The topological polar surface area (TPSA) is 18.5 Å². The van der Waals surface area contributed by atoms with Crippen molar-refractivity contribution in [3.8, 4) is 0 Å². The van der Waals surface area contributed by atoms with Crippen LogP contribution in [-0.4, -0.2) is 27.8 Å². The molecule has 0 aromatic heterocycles. The van der Waals surface area contributed by atoms with Crippen LogP contribution in [0.1, 0.15) is 33.2 Å². The molecule has 0 N–H and O–H groups in total. The molecule has 22 heavy (non-hydrogen) atoms. The average molecular weight is 314 g/mol. The second-order valence-corrected chi connectivity index (χ2v) is 8.52. The van der Waals surface area contributed by atoms with Gasteiger partial charge in [0.05, 0.1) is 26.2 Å². The molecule has 0 saturated carbocycles.